The van der Waals surface area contributed by atoms with Crippen LogP contribution >= 0.6 is 11.5 Å². The van der Waals surface area contributed by atoms with Gasteiger partial charge in [0, 0.05) is 31.0 Å². The summed E-state index contributed by atoms with van der Waals surface area (Å²) in [5.41, 5.74) is 6.20. The van der Waals surface area contributed by atoms with Gasteiger partial charge in [0.05, 0.1) is 5.54 Å². The van der Waals surface area contributed by atoms with Crippen molar-refractivity contribution in [3.63, 3.8) is 0 Å². The maximum Gasteiger partial charge on any atom is 0.205 e. The first kappa shape index (κ1) is 10.8. The zero-order chi connectivity index (χ0) is 11.1. The molecule has 1 saturated heterocycles. The molecule has 5 heteroatoms. The Morgan fingerprint density at radius 1 is 1.53 bits per heavy atom. The second-order valence-electron chi connectivity index (χ2n) is 4.59. The van der Waals surface area contributed by atoms with Gasteiger partial charge in [-0.3, -0.25) is 0 Å². The fourth-order valence-electron chi connectivity index (χ4n) is 1.68. The van der Waals surface area contributed by atoms with E-state index in [4.69, 9.17) is 5.73 Å². The van der Waals surface area contributed by atoms with Gasteiger partial charge in [-0.2, -0.15) is 4.37 Å². The number of rotatable bonds is 3. The van der Waals surface area contributed by atoms with Crippen LogP contribution in [0.3, 0.4) is 0 Å². The topological polar surface area (TPSA) is 55.0 Å². The summed E-state index contributed by atoms with van der Waals surface area (Å²) < 4.78 is 4.28. The molecule has 84 valence electrons. The molecule has 1 fully saturated rings. The third-order valence-electron chi connectivity index (χ3n) is 3.16. The van der Waals surface area contributed by atoms with E-state index in [0.717, 1.165) is 30.5 Å². The second-order valence-corrected chi connectivity index (χ2v) is 5.32. The van der Waals surface area contributed by atoms with Gasteiger partial charge in [0.1, 0.15) is 5.82 Å². The zero-order valence-electron chi connectivity index (χ0n) is 9.53. The first-order valence-corrected chi connectivity index (χ1v) is 6.19. The molecule has 0 aliphatic carbocycles. The van der Waals surface area contributed by atoms with Crippen LogP contribution in [0.25, 0.3) is 0 Å². The summed E-state index contributed by atoms with van der Waals surface area (Å²) in [5, 5.41) is 1.02. The van der Waals surface area contributed by atoms with Crippen molar-refractivity contribution in [2.45, 2.75) is 32.7 Å². The molecule has 0 atom stereocenters. The van der Waals surface area contributed by atoms with Crippen LogP contribution in [-0.4, -0.2) is 28.0 Å². The molecule has 2 heterocycles. The van der Waals surface area contributed by atoms with E-state index in [9.17, 15) is 0 Å². The monoisotopic (exact) mass is 226 g/mol. The normalized spacial score (nSPS) is 19.4. The predicted octanol–water partition coefficient (Wildman–Crippen LogP) is 1.27. The molecule has 15 heavy (non-hydrogen) atoms. The fourth-order valence-corrected chi connectivity index (χ4v) is 2.43. The molecule has 0 saturated carbocycles. The number of nitrogens with zero attached hydrogens (tertiary/aromatic N) is 3. The maximum absolute atomic E-state index is 6.23. The number of aryl methyl sites for hydroxylation is 1. The third kappa shape index (κ3) is 1.86. The van der Waals surface area contributed by atoms with Crippen LogP contribution in [0.5, 0.6) is 0 Å². The number of hydrogen-bond donors (Lipinski definition) is 1. The second kappa shape index (κ2) is 3.72. The summed E-state index contributed by atoms with van der Waals surface area (Å²) >= 11 is 1.48. The molecule has 2 rings (SSSR count). The van der Waals surface area contributed by atoms with Crippen LogP contribution in [0.15, 0.2) is 0 Å². The lowest BCUT2D eigenvalue weighted by Crippen LogP contribution is -2.70. The molecule has 2 N–H and O–H groups in total. The van der Waals surface area contributed by atoms with Crippen LogP contribution in [-0.2, 0) is 6.42 Å². The van der Waals surface area contributed by atoms with E-state index < -0.39 is 0 Å². The highest BCUT2D eigenvalue weighted by molar-refractivity contribution is 7.09. The number of hydrogen-bond acceptors (Lipinski definition) is 5. The highest BCUT2D eigenvalue weighted by atomic mass is 32.1. The lowest BCUT2D eigenvalue weighted by Gasteiger charge is -2.50. The standard InChI is InChI=1S/C10H18N4S/c1-4-8-12-9(15-13-8)14-5-10(11,6-14)7(2)3/h7H,4-6,11H2,1-3H3. The minimum atomic E-state index is -0.0297. The highest BCUT2D eigenvalue weighted by Gasteiger charge is 2.43. The Bertz CT molecular complexity index is 341. The molecule has 0 unspecified atom stereocenters. The van der Waals surface area contributed by atoms with Gasteiger partial charge in [-0.05, 0) is 5.92 Å². The van der Waals surface area contributed by atoms with Gasteiger partial charge in [-0.25, -0.2) is 4.98 Å². The molecule has 4 nitrogen and oxygen atoms in total. The number of nitrogens with two attached hydrogens (primary N) is 1. The lowest BCUT2D eigenvalue weighted by molar-refractivity contribution is 0.245. The van der Waals surface area contributed by atoms with Gasteiger partial charge >= 0.3 is 0 Å². The quantitative estimate of drug-likeness (QED) is 0.843. The van der Waals surface area contributed by atoms with Gasteiger partial charge in [0.25, 0.3) is 0 Å². The van der Waals surface area contributed by atoms with Gasteiger partial charge in [0.15, 0.2) is 0 Å². The molecule has 0 radical (unpaired) electrons. The zero-order valence-corrected chi connectivity index (χ0v) is 10.3. The average molecular weight is 226 g/mol. The summed E-state index contributed by atoms with van der Waals surface area (Å²) in [4.78, 5) is 6.67. The Labute approximate surface area is 94.7 Å². The molecule has 0 aromatic carbocycles. The molecule has 1 aromatic rings. The van der Waals surface area contributed by atoms with E-state index >= 15 is 0 Å². The van der Waals surface area contributed by atoms with Crippen LogP contribution in [0.4, 0.5) is 5.13 Å². The van der Waals surface area contributed by atoms with Crippen molar-refractivity contribution in [2.24, 2.45) is 11.7 Å². The van der Waals surface area contributed by atoms with Crippen LogP contribution in [0, 0.1) is 5.92 Å². The summed E-state index contributed by atoms with van der Waals surface area (Å²) in [7, 11) is 0. The van der Waals surface area contributed by atoms with Crippen molar-refractivity contribution in [3.05, 3.63) is 5.82 Å². The molecule has 1 aromatic heterocycles. The molecule has 0 spiro atoms. The van der Waals surface area contributed by atoms with Crippen LogP contribution in [0.1, 0.15) is 26.6 Å². The molecular formula is C10H18N4S. The molecular weight excluding hydrogens is 208 g/mol. The molecule has 0 amide bonds. The van der Waals surface area contributed by atoms with E-state index in [2.05, 4.69) is 35.0 Å². The van der Waals surface area contributed by atoms with E-state index in [-0.39, 0.29) is 5.54 Å². The smallest absolute Gasteiger partial charge is 0.205 e. The Balaban J connectivity index is 1.99. The summed E-state index contributed by atoms with van der Waals surface area (Å²) in [5.74, 6) is 1.46. The fraction of sp³-hybridized carbons (Fsp3) is 0.800. The molecule has 0 bridgehead atoms. The maximum atomic E-state index is 6.23. The number of aromatic nitrogens is 2. The minimum Gasteiger partial charge on any atom is -0.343 e. The van der Waals surface area contributed by atoms with E-state index in [1.807, 2.05) is 0 Å². The van der Waals surface area contributed by atoms with Crippen molar-refractivity contribution < 1.29 is 0 Å². The average Bonchev–Trinajstić information content (AvgIpc) is 2.60. The lowest BCUT2D eigenvalue weighted by atomic mass is 9.81. The Morgan fingerprint density at radius 2 is 2.20 bits per heavy atom. The van der Waals surface area contributed by atoms with Crippen molar-refractivity contribution in [3.8, 4) is 0 Å². The summed E-state index contributed by atoms with van der Waals surface area (Å²) in [6.45, 7) is 8.24. The van der Waals surface area contributed by atoms with E-state index in [1.165, 1.54) is 11.5 Å². The summed E-state index contributed by atoms with van der Waals surface area (Å²) in [6, 6.07) is 0. The van der Waals surface area contributed by atoms with Crippen molar-refractivity contribution >= 4 is 16.7 Å². The molecule has 1 aliphatic heterocycles. The van der Waals surface area contributed by atoms with Crippen molar-refractivity contribution in [1.82, 2.24) is 9.36 Å². The van der Waals surface area contributed by atoms with Gasteiger partial charge in [-0.15, -0.1) is 0 Å². The van der Waals surface area contributed by atoms with Gasteiger partial charge in [-0.1, -0.05) is 20.8 Å². The largest absolute Gasteiger partial charge is 0.343 e. The minimum absolute atomic E-state index is 0.0297. The number of anilines is 1. The SMILES string of the molecule is CCc1nsc(N2CC(N)(C(C)C)C2)n1. The van der Waals surface area contributed by atoms with Gasteiger partial charge < -0.3 is 10.6 Å². The van der Waals surface area contributed by atoms with Gasteiger partial charge in [0.2, 0.25) is 5.13 Å². The highest BCUT2D eigenvalue weighted by Crippen LogP contribution is 2.31. The molecule has 1 aliphatic rings. The van der Waals surface area contributed by atoms with E-state index in [1.54, 1.807) is 0 Å². The van der Waals surface area contributed by atoms with Crippen LogP contribution in [0.2, 0.25) is 0 Å². The Kier molecular flexibility index (Phi) is 2.68. The first-order chi connectivity index (χ1) is 7.05. The first-order valence-electron chi connectivity index (χ1n) is 5.41. The van der Waals surface area contributed by atoms with Crippen molar-refractivity contribution in [2.75, 3.05) is 18.0 Å². The summed E-state index contributed by atoms with van der Waals surface area (Å²) in [6.07, 6.45) is 0.905. The third-order valence-corrected chi connectivity index (χ3v) is 3.98. The van der Waals surface area contributed by atoms with Crippen molar-refractivity contribution in [1.29, 1.82) is 0 Å². The predicted molar refractivity (Wildman–Crippen MR) is 63.3 cm³/mol. The Morgan fingerprint density at radius 3 is 2.67 bits per heavy atom. The Hall–Kier alpha value is -0.680. The van der Waals surface area contributed by atoms with E-state index in [0.29, 0.717) is 5.92 Å². The van der Waals surface area contributed by atoms with Crippen LogP contribution < -0.4 is 10.6 Å².